The minimum Gasteiger partial charge on any atom is -0.371 e. The summed E-state index contributed by atoms with van der Waals surface area (Å²) in [5, 5.41) is 6.62. The maximum atomic E-state index is 13.6. The molecule has 1 aromatic carbocycles. The minimum atomic E-state index is -3.43. The van der Waals surface area contributed by atoms with Crippen molar-refractivity contribution in [3.05, 3.63) is 78.7 Å². The van der Waals surface area contributed by atoms with E-state index in [1.54, 1.807) is 39.7 Å². The predicted molar refractivity (Wildman–Crippen MR) is 146 cm³/mol. The summed E-state index contributed by atoms with van der Waals surface area (Å²) in [7, 11) is -0.163. The van der Waals surface area contributed by atoms with Gasteiger partial charge in [0.2, 0.25) is 0 Å². The number of pyridine rings is 1. The molecular weight excluding hydrogens is 528 g/mol. The van der Waals surface area contributed by atoms with Gasteiger partial charge in [0.05, 0.1) is 28.7 Å². The van der Waals surface area contributed by atoms with Gasteiger partial charge in [-0.05, 0) is 48.6 Å². The summed E-state index contributed by atoms with van der Waals surface area (Å²) in [5.41, 5.74) is 1.72. The predicted octanol–water partition coefficient (Wildman–Crippen LogP) is 2.82. The van der Waals surface area contributed by atoms with Crippen LogP contribution in [0.15, 0.2) is 51.2 Å². The van der Waals surface area contributed by atoms with Gasteiger partial charge in [0.15, 0.2) is 15.5 Å². The van der Waals surface area contributed by atoms with Crippen LogP contribution in [0, 0.1) is 5.92 Å². The first-order valence-corrected chi connectivity index (χ1v) is 14.7. The van der Waals surface area contributed by atoms with E-state index in [4.69, 9.17) is 16.7 Å². The molecule has 0 N–H and O–H groups in total. The van der Waals surface area contributed by atoms with Gasteiger partial charge in [-0.25, -0.2) is 13.2 Å². The van der Waals surface area contributed by atoms with Crippen LogP contribution in [0.4, 0.5) is 0 Å². The third-order valence-electron chi connectivity index (χ3n) is 7.54. The molecular formula is C26H27ClN6O4S. The van der Waals surface area contributed by atoms with Gasteiger partial charge in [0, 0.05) is 56.1 Å². The Bertz CT molecular complexity index is 1880. The van der Waals surface area contributed by atoms with Crippen molar-refractivity contribution in [2.75, 3.05) is 13.3 Å². The summed E-state index contributed by atoms with van der Waals surface area (Å²) in [5.74, 6) is 0.376. The maximum Gasteiger partial charge on any atom is 0.332 e. The van der Waals surface area contributed by atoms with Crippen molar-refractivity contribution in [3.8, 4) is 0 Å². The van der Waals surface area contributed by atoms with Crippen LogP contribution in [0.5, 0.6) is 0 Å². The van der Waals surface area contributed by atoms with E-state index in [2.05, 4.69) is 4.98 Å². The number of nitrogens with zero attached hydrogens (tertiary/aromatic N) is 6. The Kier molecular flexibility index (Phi) is 5.76. The van der Waals surface area contributed by atoms with Crippen LogP contribution in [0.3, 0.4) is 0 Å². The van der Waals surface area contributed by atoms with E-state index in [9.17, 15) is 18.0 Å². The fourth-order valence-corrected chi connectivity index (χ4v) is 6.27. The molecule has 0 radical (unpaired) electrons. The lowest BCUT2D eigenvalue weighted by Gasteiger charge is -2.22. The average Bonchev–Trinajstić information content (AvgIpc) is 3.49. The van der Waals surface area contributed by atoms with Crippen molar-refractivity contribution in [1.29, 1.82) is 0 Å². The number of sulfone groups is 1. The zero-order valence-corrected chi connectivity index (χ0v) is 22.8. The number of hydrogen-bond acceptors (Lipinski definition) is 7. The molecule has 1 fully saturated rings. The second-order valence-corrected chi connectivity index (χ2v) is 12.8. The first-order valence-electron chi connectivity index (χ1n) is 12.4. The highest BCUT2D eigenvalue weighted by Crippen LogP contribution is 2.38. The fraction of sp³-hybridized carbons (Fsp3) is 0.385. The van der Waals surface area contributed by atoms with Crippen molar-refractivity contribution in [2.24, 2.45) is 13.0 Å². The smallest absolute Gasteiger partial charge is 0.332 e. The Balaban J connectivity index is 1.60. The van der Waals surface area contributed by atoms with E-state index in [-0.39, 0.29) is 17.9 Å². The summed E-state index contributed by atoms with van der Waals surface area (Å²) >= 11 is 6.30. The molecule has 0 bridgehead atoms. The number of fused-ring (bicyclic) bond motifs is 2. The van der Waals surface area contributed by atoms with Crippen molar-refractivity contribution < 1.29 is 8.42 Å². The van der Waals surface area contributed by atoms with Crippen molar-refractivity contribution in [1.82, 2.24) is 28.8 Å². The summed E-state index contributed by atoms with van der Waals surface area (Å²) in [6, 6.07) is 6.89. The molecule has 3 aromatic heterocycles. The number of halogens is 1. The standard InChI is InChI=1S/C26H27ClN6O4S/c1-30-14-18(38(3,36)37)11-21(30)23-22-24(32(12-15-4-5-15)26(35)31(2)25(22)34)29-33(23)13-16-8-9-28-20-7-6-17(27)10-19(16)20/h6-10,14-15,21H,4-5,11-13H2,1-3H3. The SMILES string of the molecule is CN1C=C(S(C)(=O)=O)CC1c1c2c(=O)n(C)c(=O)n(CC3CC3)c2nn1Cc1ccnc2ccc(Cl)cc12. The molecule has 2 aliphatic rings. The topological polar surface area (TPSA) is 112 Å². The van der Waals surface area contributed by atoms with Gasteiger partial charge in [-0.15, -0.1) is 0 Å². The maximum absolute atomic E-state index is 13.6. The molecule has 198 valence electrons. The van der Waals surface area contributed by atoms with Crippen molar-refractivity contribution in [3.63, 3.8) is 0 Å². The molecule has 4 aromatic rings. The average molecular weight is 555 g/mol. The van der Waals surface area contributed by atoms with Crippen LogP contribution in [-0.2, 0) is 30.0 Å². The molecule has 12 heteroatoms. The molecule has 1 atom stereocenters. The first-order chi connectivity index (χ1) is 18.0. The number of rotatable bonds is 6. The normalized spacial score (nSPS) is 18.1. The molecule has 6 rings (SSSR count). The molecule has 1 unspecified atom stereocenters. The molecule has 1 saturated carbocycles. The zero-order chi connectivity index (χ0) is 26.9. The van der Waals surface area contributed by atoms with Crippen LogP contribution in [0.1, 0.15) is 36.6 Å². The van der Waals surface area contributed by atoms with Gasteiger partial charge >= 0.3 is 5.69 Å². The quantitative estimate of drug-likeness (QED) is 0.360. The highest BCUT2D eigenvalue weighted by atomic mass is 35.5. The van der Waals surface area contributed by atoms with Crippen molar-refractivity contribution >= 4 is 43.4 Å². The van der Waals surface area contributed by atoms with Crippen LogP contribution >= 0.6 is 11.6 Å². The summed E-state index contributed by atoms with van der Waals surface area (Å²) in [6.45, 7) is 0.768. The van der Waals surface area contributed by atoms with E-state index in [0.717, 1.165) is 33.9 Å². The Morgan fingerprint density at radius 1 is 1.13 bits per heavy atom. The molecule has 1 aliphatic carbocycles. The summed E-state index contributed by atoms with van der Waals surface area (Å²) in [6.07, 6.45) is 6.76. The molecule has 38 heavy (non-hydrogen) atoms. The summed E-state index contributed by atoms with van der Waals surface area (Å²) in [4.78, 5) is 33.3. The summed E-state index contributed by atoms with van der Waals surface area (Å²) < 4.78 is 29.3. The van der Waals surface area contributed by atoms with Gasteiger partial charge in [0.1, 0.15) is 5.39 Å². The number of benzene rings is 1. The lowest BCUT2D eigenvalue weighted by Crippen LogP contribution is -2.38. The van der Waals surface area contributed by atoms with E-state index in [0.29, 0.717) is 34.2 Å². The molecule has 4 heterocycles. The highest BCUT2D eigenvalue weighted by molar-refractivity contribution is 7.94. The van der Waals surface area contributed by atoms with E-state index in [1.165, 1.54) is 13.3 Å². The first kappa shape index (κ1) is 24.9. The third-order valence-corrected chi connectivity index (χ3v) is 9.00. The third kappa shape index (κ3) is 4.14. The Hall–Kier alpha value is -3.44. The molecule has 0 saturated heterocycles. The van der Waals surface area contributed by atoms with E-state index < -0.39 is 27.1 Å². The second-order valence-electron chi connectivity index (χ2n) is 10.3. The van der Waals surface area contributed by atoms with E-state index in [1.807, 2.05) is 18.2 Å². The minimum absolute atomic E-state index is 0.198. The Morgan fingerprint density at radius 2 is 1.89 bits per heavy atom. The lowest BCUT2D eigenvalue weighted by atomic mass is 10.1. The second kappa shape index (κ2) is 8.81. The van der Waals surface area contributed by atoms with Gasteiger partial charge in [-0.1, -0.05) is 11.6 Å². The number of aromatic nitrogens is 5. The van der Waals surface area contributed by atoms with Crippen molar-refractivity contribution in [2.45, 2.75) is 38.4 Å². The molecule has 0 spiro atoms. The number of hydrogen-bond donors (Lipinski definition) is 0. The largest absolute Gasteiger partial charge is 0.371 e. The van der Waals surface area contributed by atoms with Crippen LogP contribution in [0.2, 0.25) is 5.02 Å². The Labute approximate surface area is 223 Å². The van der Waals surface area contributed by atoms with Gasteiger partial charge < -0.3 is 4.90 Å². The Morgan fingerprint density at radius 3 is 2.58 bits per heavy atom. The van der Waals surface area contributed by atoms with Crippen LogP contribution in [0.25, 0.3) is 21.9 Å². The van der Waals surface area contributed by atoms with Crippen LogP contribution in [-0.4, -0.2) is 50.5 Å². The molecule has 0 amide bonds. The zero-order valence-electron chi connectivity index (χ0n) is 21.3. The van der Waals surface area contributed by atoms with E-state index >= 15 is 0 Å². The van der Waals surface area contributed by atoms with Crippen LogP contribution < -0.4 is 11.2 Å². The molecule has 1 aliphatic heterocycles. The highest BCUT2D eigenvalue weighted by Gasteiger charge is 2.35. The fourth-order valence-electron chi connectivity index (χ4n) is 5.28. The van der Waals surface area contributed by atoms with Gasteiger partial charge in [0.25, 0.3) is 5.56 Å². The molecule has 10 nitrogen and oxygen atoms in total. The van der Waals surface area contributed by atoms with Gasteiger partial charge in [-0.2, -0.15) is 5.10 Å². The monoisotopic (exact) mass is 554 g/mol. The lowest BCUT2D eigenvalue weighted by molar-refractivity contribution is 0.348. The van der Waals surface area contributed by atoms with Gasteiger partial charge in [-0.3, -0.25) is 23.6 Å².